The largest absolute Gasteiger partial charge is 0.494 e. The Labute approximate surface area is 163 Å². The van der Waals surface area contributed by atoms with Crippen LogP contribution in [0.2, 0.25) is 0 Å². The molecule has 6 nitrogen and oxygen atoms in total. The van der Waals surface area contributed by atoms with E-state index in [1.165, 1.54) is 4.88 Å². The number of ether oxygens (including phenoxy) is 2. The summed E-state index contributed by atoms with van der Waals surface area (Å²) in [6, 6.07) is 14.1. The highest BCUT2D eigenvalue weighted by atomic mass is 32.1. The normalized spacial score (nSPS) is 15.0. The van der Waals surface area contributed by atoms with Gasteiger partial charge in [-0.3, -0.25) is 10.00 Å². The summed E-state index contributed by atoms with van der Waals surface area (Å²) in [5, 5.41) is 12.8. The van der Waals surface area contributed by atoms with Crippen LogP contribution in [0.5, 0.6) is 5.75 Å². The molecule has 1 aliphatic rings. The third-order valence-electron chi connectivity index (χ3n) is 4.48. The minimum absolute atomic E-state index is 0.730. The predicted octanol–water partition coefficient (Wildman–Crippen LogP) is 3.98. The minimum Gasteiger partial charge on any atom is -0.494 e. The molecule has 2 N–H and O–H groups in total. The maximum absolute atomic E-state index is 5.85. The summed E-state index contributed by atoms with van der Waals surface area (Å²) in [6.07, 6.45) is 1.03. The first kappa shape index (κ1) is 18.0. The van der Waals surface area contributed by atoms with E-state index in [1.807, 2.05) is 36.4 Å². The molecule has 1 aliphatic heterocycles. The highest BCUT2D eigenvalue weighted by Crippen LogP contribution is 2.26. The van der Waals surface area contributed by atoms with E-state index >= 15 is 0 Å². The molecule has 0 radical (unpaired) electrons. The maximum Gasteiger partial charge on any atom is 0.152 e. The molecule has 27 heavy (non-hydrogen) atoms. The van der Waals surface area contributed by atoms with Gasteiger partial charge in [0, 0.05) is 31.4 Å². The van der Waals surface area contributed by atoms with Gasteiger partial charge in [0.1, 0.15) is 5.75 Å². The molecule has 0 atom stereocenters. The maximum atomic E-state index is 5.85. The Morgan fingerprint density at radius 1 is 1.19 bits per heavy atom. The molecule has 7 heteroatoms. The lowest BCUT2D eigenvalue weighted by Gasteiger charge is -2.26. The summed E-state index contributed by atoms with van der Waals surface area (Å²) in [7, 11) is 0. The number of aromatic amines is 1. The van der Waals surface area contributed by atoms with Crippen molar-refractivity contribution in [2.75, 3.05) is 44.8 Å². The second-order valence-corrected chi connectivity index (χ2v) is 7.40. The summed E-state index contributed by atoms with van der Waals surface area (Å²) in [4.78, 5) is 3.60. The van der Waals surface area contributed by atoms with Crippen LogP contribution < -0.4 is 10.1 Å². The SMILES string of the molecule is c1csc(-c2cc(Nc3ccc(OCCCN4CCOCC4)cc3)n[nH]2)c1. The number of anilines is 2. The van der Waals surface area contributed by atoms with Crippen LogP contribution in [0.15, 0.2) is 47.8 Å². The Morgan fingerprint density at radius 2 is 2.04 bits per heavy atom. The molecule has 1 aromatic carbocycles. The summed E-state index contributed by atoms with van der Waals surface area (Å²) < 4.78 is 11.2. The molecule has 0 saturated carbocycles. The van der Waals surface area contributed by atoms with Gasteiger partial charge in [-0.15, -0.1) is 11.3 Å². The first-order valence-corrected chi connectivity index (χ1v) is 10.1. The van der Waals surface area contributed by atoms with Crippen molar-refractivity contribution in [1.82, 2.24) is 15.1 Å². The summed E-state index contributed by atoms with van der Waals surface area (Å²) in [6.45, 7) is 5.55. The van der Waals surface area contributed by atoms with Crippen molar-refractivity contribution < 1.29 is 9.47 Å². The molecule has 0 aliphatic carbocycles. The van der Waals surface area contributed by atoms with Gasteiger partial charge in [0.15, 0.2) is 5.82 Å². The number of hydrogen-bond donors (Lipinski definition) is 2. The molecule has 0 amide bonds. The van der Waals surface area contributed by atoms with E-state index in [1.54, 1.807) is 11.3 Å². The van der Waals surface area contributed by atoms with Gasteiger partial charge in [-0.25, -0.2) is 0 Å². The van der Waals surface area contributed by atoms with Crippen LogP contribution in [0.25, 0.3) is 10.6 Å². The average molecular weight is 385 g/mol. The molecule has 1 fully saturated rings. The molecular weight excluding hydrogens is 360 g/mol. The number of benzene rings is 1. The van der Waals surface area contributed by atoms with E-state index in [-0.39, 0.29) is 0 Å². The first-order valence-electron chi connectivity index (χ1n) is 9.26. The van der Waals surface area contributed by atoms with Crippen LogP contribution in [0.3, 0.4) is 0 Å². The smallest absolute Gasteiger partial charge is 0.152 e. The van der Waals surface area contributed by atoms with Gasteiger partial charge in [0.05, 0.1) is 30.4 Å². The Hall–Kier alpha value is -2.35. The van der Waals surface area contributed by atoms with Crippen molar-refractivity contribution in [2.24, 2.45) is 0 Å². The number of thiophene rings is 1. The predicted molar refractivity (Wildman–Crippen MR) is 109 cm³/mol. The average Bonchev–Trinajstić information content (AvgIpc) is 3.39. The molecule has 0 unspecified atom stereocenters. The van der Waals surface area contributed by atoms with Crippen molar-refractivity contribution in [3.8, 4) is 16.3 Å². The second kappa shape index (κ2) is 9.03. The lowest BCUT2D eigenvalue weighted by Crippen LogP contribution is -2.37. The summed E-state index contributed by atoms with van der Waals surface area (Å²) in [5.41, 5.74) is 2.01. The van der Waals surface area contributed by atoms with E-state index in [0.29, 0.717) is 0 Å². The van der Waals surface area contributed by atoms with E-state index < -0.39 is 0 Å². The number of nitrogens with one attached hydrogen (secondary N) is 2. The van der Waals surface area contributed by atoms with Crippen LogP contribution in [0.4, 0.5) is 11.5 Å². The number of rotatable bonds is 8. The Kier molecular flexibility index (Phi) is 6.03. The fourth-order valence-electron chi connectivity index (χ4n) is 3.03. The number of nitrogens with zero attached hydrogens (tertiary/aromatic N) is 2. The van der Waals surface area contributed by atoms with Crippen molar-refractivity contribution in [1.29, 1.82) is 0 Å². The number of hydrogen-bond acceptors (Lipinski definition) is 6. The quantitative estimate of drug-likeness (QED) is 0.575. The molecule has 0 bridgehead atoms. The molecule has 4 rings (SSSR count). The van der Waals surface area contributed by atoms with Crippen molar-refractivity contribution >= 4 is 22.8 Å². The van der Waals surface area contributed by atoms with Crippen LogP contribution in [-0.2, 0) is 4.74 Å². The molecule has 3 heterocycles. The van der Waals surface area contributed by atoms with Gasteiger partial charge in [0.25, 0.3) is 0 Å². The van der Waals surface area contributed by atoms with Gasteiger partial charge in [-0.05, 0) is 42.1 Å². The van der Waals surface area contributed by atoms with Crippen LogP contribution >= 0.6 is 11.3 Å². The van der Waals surface area contributed by atoms with Crippen molar-refractivity contribution in [2.45, 2.75) is 6.42 Å². The summed E-state index contributed by atoms with van der Waals surface area (Å²) >= 11 is 1.69. The molecule has 0 spiro atoms. The monoisotopic (exact) mass is 384 g/mol. The molecule has 1 saturated heterocycles. The molecular formula is C20H24N4O2S. The van der Waals surface area contributed by atoms with E-state index in [0.717, 1.165) is 68.8 Å². The van der Waals surface area contributed by atoms with Crippen molar-refractivity contribution in [3.63, 3.8) is 0 Å². The number of H-pyrrole nitrogens is 1. The number of morpholine rings is 1. The van der Waals surface area contributed by atoms with Gasteiger partial charge in [-0.1, -0.05) is 6.07 Å². The van der Waals surface area contributed by atoms with Gasteiger partial charge in [0.2, 0.25) is 0 Å². The molecule has 2 aromatic heterocycles. The van der Waals surface area contributed by atoms with Crippen LogP contribution in [0, 0.1) is 0 Å². The lowest BCUT2D eigenvalue weighted by molar-refractivity contribution is 0.0358. The molecule has 3 aromatic rings. The van der Waals surface area contributed by atoms with Crippen LogP contribution in [0.1, 0.15) is 6.42 Å². The van der Waals surface area contributed by atoms with Gasteiger partial charge < -0.3 is 14.8 Å². The zero-order valence-corrected chi connectivity index (χ0v) is 16.0. The second-order valence-electron chi connectivity index (χ2n) is 6.45. The standard InChI is InChI=1S/C20H24N4O2S/c1-3-19(27-14-1)18-15-20(23-22-18)21-16-4-6-17(7-5-16)26-11-2-8-24-9-12-25-13-10-24/h1,3-7,14-15H,2,8-13H2,(H2,21,22,23). The third kappa shape index (κ3) is 5.09. The minimum atomic E-state index is 0.730. The lowest BCUT2D eigenvalue weighted by atomic mass is 10.3. The Morgan fingerprint density at radius 3 is 2.81 bits per heavy atom. The fourth-order valence-corrected chi connectivity index (χ4v) is 3.72. The fraction of sp³-hybridized carbons (Fsp3) is 0.350. The van der Waals surface area contributed by atoms with Gasteiger partial charge in [-0.2, -0.15) is 5.10 Å². The Balaban J connectivity index is 1.23. The Bertz CT molecular complexity index is 811. The number of aromatic nitrogens is 2. The first-order chi connectivity index (χ1) is 13.4. The van der Waals surface area contributed by atoms with Crippen LogP contribution in [-0.4, -0.2) is 54.6 Å². The topological polar surface area (TPSA) is 62.4 Å². The van der Waals surface area contributed by atoms with Crippen molar-refractivity contribution in [3.05, 3.63) is 47.8 Å². The van der Waals surface area contributed by atoms with E-state index in [4.69, 9.17) is 9.47 Å². The zero-order valence-electron chi connectivity index (χ0n) is 15.2. The zero-order chi connectivity index (χ0) is 18.3. The summed E-state index contributed by atoms with van der Waals surface area (Å²) in [5.74, 6) is 1.70. The highest BCUT2D eigenvalue weighted by Gasteiger charge is 2.09. The van der Waals surface area contributed by atoms with Gasteiger partial charge >= 0.3 is 0 Å². The molecule has 142 valence electrons. The van der Waals surface area contributed by atoms with E-state index in [2.05, 4.69) is 31.9 Å². The highest BCUT2D eigenvalue weighted by molar-refractivity contribution is 7.13. The van der Waals surface area contributed by atoms with E-state index in [9.17, 15) is 0 Å². The third-order valence-corrected chi connectivity index (χ3v) is 5.39.